The Morgan fingerprint density at radius 3 is 2.91 bits per heavy atom. The molecule has 2 rings (SSSR count). The summed E-state index contributed by atoms with van der Waals surface area (Å²) in [5.41, 5.74) is 4.25. The minimum absolute atomic E-state index is 0. The SMILES string of the molecule is Cc1cccc2c1CCN2.Cl. The lowest BCUT2D eigenvalue weighted by atomic mass is 10.1. The molecular formula is C9H12ClN. The molecule has 1 aliphatic heterocycles. The molecule has 0 aliphatic carbocycles. The molecule has 0 unspecified atom stereocenters. The summed E-state index contributed by atoms with van der Waals surface area (Å²) in [5, 5.41) is 3.34. The molecule has 0 amide bonds. The largest absolute Gasteiger partial charge is 0.384 e. The zero-order valence-corrected chi connectivity index (χ0v) is 7.37. The highest BCUT2D eigenvalue weighted by atomic mass is 35.5. The summed E-state index contributed by atoms with van der Waals surface area (Å²) in [4.78, 5) is 0. The molecule has 60 valence electrons. The van der Waals surface area contributed by atoms with Crippen molar-refractivity contribution in [2.45, 2.75) is 13.3 Å². The fourth-order valence-corrected chi connectivity index (χ4v) is 1.52. The molecule has 0 fully saturated rings. The highest BCUT2D eigenvalue weighted by Crippen LogP contribution is 2.24. The average Bonchev–Trinajstić information content (AvgIpc) is 2.36. The first-order valence-electron chi connectivity index (χ1n) is 3.70. The molecule has 0 atom stereocenters. The van der Waals surface area contributed by atoms with Gasteiger partial charge in [0.05, 0.1) is 0 Å². The van der Waals surface area contributed by atoms with Crippen LogP contribution in [0.1, 0.15) is 11.1 Å². The molecule has 1 nitrogen and oxygen atoms in total. The van der Waals surface area contributed by atoms with Crippen molar-refractivity contribution in [1.29, 1.82) is 0 Å². The van der Waals surface area contributed by atoms with Crippen LogP contribution in [0.15, 0.2) is 18.2 Å². The van der Waals surface area contributed by atoms with E-state index in [0.29, 0.717) is 0 Å². The van der Waals surface area contributed by atoms with Crippen LogP contribution in [0.3, 0.4) is 0 Å². The second kappa shape index (κ2) is 3.14. The fourth-order valence-electron chi connectivity index (χ4n) is 1.52. The summed E-state index contributed by atoms with van der Waals surface area (Å²) in [6.45, 7) is 3.28. The average molecular weight is 170 g/mol. The molecule has 2 heteroatoms. The lowest BCUT2D eigenvalue weighted by Crippen LogP contribution is -1.90. The molecule has 0 saturated carbocycles. The van der Waals surface area contributed by atoms with Crippen LogP contribution in [-0.4, -0.2) is 6.54 Å². The molecule has 1 aromatic carbocycles. The highest BCUT2D eigenvalue weighted by molar-refractivity contribution is 5.85. The first-order valence-corrected chi connectivity index (χ1v) is 3.70. The number of hydrogen-bond acceptors (Lipinski definition) is 1. The molecule has 0 spiro atoms. The van der Waals surface area contributed by atoms with Crippen LogP contribution in [0.2, 0.25) is 0 Å². The first kappa shape index (κ1) is 8.41. The number of hydrogen-bond donors (Lipinski definition) is 1. The summed E-state index contributed by atoms with van der Waals surface area (Å²) in [7, 11) is 0. The summed E-state index contributed by atoms with van der Waals surface area (Å²) in [6.07, 6.45) is 1.20. The van der Waals surface area contributed by atoms with E-state index in [0.717, 1.165) is 6.54 Å². The Bertz CT molecular complexity index is 258. The van der Waals surface area contributed by atoms with Gasteiger partial charge in [-0.1, -0.05) is 12.1 Å². The van der Waals surface area contributed by atoms with Gasteiger partial charge in [-0.25, -0.2) is 0 Å². The fraction of sp³-hybridized carbons (Fsp3) is 0.333. The third-order valence-corrected chi connectivity index (χ3v) is 2.10. The minimum Gasteiger partial charge on any atom is -0.384 e. The lowest BCUT2D eigenvalue weighted by Gasteiger charge is -2.00. The Morgan fingerprint density at radius 2 is 2.18 bits per heavy atom. The molecule has 0 bridgehead atoms. The smallest absolute Gasteiger partial charge is 0.0376 e. The number of benzene rings is 1. The Labute approximate surface area is 73.2 Å². The van der Waals surface area contributed by atoms with Crippen molar-refractivity contribution in [1.82, 2.24) is 0 Å². The summed E-state index contributed by atoms with van der Waals surface area (Å²) >= 11 is 0. The third-order valence-electron chi connectivity index (χ3n) is 2.10. The zero-order chi connectivity index (χ0) is 6.97. The van der Waals surface area contributed by atoms with Gasteiger partial charge in [-0.3, -0.25) is 0 Å². The van der Waals surface area contributed by atoms with Gasteiger partial charge in [-0.05, 0) is 30.5 Å². The molecule has 1 aromatic rings. The van der Waals surface area contributed by atoms with Gasteiger partial charge < -0.3 is 5.32 Å². The van der Waals surface area contributed by atoms with Gasteiger partial charge in [-0.2, -0.15) is 0 Å². The highest BCUT2D eigenvalue weighted by Gasteiger charge is 2.09. The van der Waals surface area contributed by atoms with E-state index in [9.17, 15) is 0 Å². The van der Waals surface area contributed by atoms with E-state index in [1.165, 1.54) is 23.2 Å². The number of nitrogens with one attached hydrogen (secondary N) is 1. The Hall–Kier alpha value is -0.690. The number of halogens is 1. The Kier molecular flexibility index (Phi) is 2.40. The standard InChI is InChI=1S/C9H11N.ClH/c1-7-3-2-4-9-8(7)5-6-10-9;/h2-4,10H,5-6H2,1H3;1H. The molecule has 0 saturated heterocycles. The Morgan fingerprint density at radius 1 is 1.36 bits per heavy atom. The predicted octanol–water partition coefficient (Wildman–Crippen LogP) is 2.38. The maximum atomic E-state index is 3.34. The van der Waals surface area contributed by atoms with Crippen molar-refractivity contribution in [2.24, 2.45) is 0 Å². The van der Waals surface area contributed by atoms with Crippen LogP contribution >= 0.6 is 12.4 Å². The molecule has 1 heterocycles. The molecule has 0 radical (unpaired) electrons. The van der Waals surface area contributed by atoms with Crippen molar-refractivity contribution in [3.63, 3.8) is 0 Å². The predicted molar refractivity (Wildman–Crippen MR) is 50.6 cm³/mol. The number of anilines is 1. The van der Waals surface area contributed by atoms with Crippen LogP contribution in [0, 0.1) is 6.92 Å². The molecule has 11 heavy (non-hydrogen) atoms. The number of aryl methyl sites for hydroxylation is 1. The third kappa shape index (κ3) is 1.33. The van der Waals surface area contributed by atoms with Gasteiger partial charge in [0.1, 0.15) is 0 Å². The minimum atomic E-state index is 0. The van der Waals surface area contributed by atoms with Crippen molar-refractivity contribution >= 4 is 18.1 Å². The molecular weight excluding hydrogens is 158 g/mol. The van der Waals surface area contributed by atoms with Crippen LogP contribution in [0.25, 0.3) is 0 Å². The van der Waals surface area contributed by atoms with Crippen molar-refractivity contribution < 1.29 is 0 Å². The van der Waals surface area contributed by atoms with Gasteiger partial charge in [0.2, 0.25) is 0 Å². The van der Waals surface area contributed by atoms with Crippen molar-refractivity contribution in [3.8, 4) is 0 Å². The second-order valence-corrected chi connectivity index (χ2v) is 2.78. The van der Waals surface area contributed by atoms with Gasteiger partial charge in [-0.15, -0.1) is 12.4 Å². The topological polar surface area (TPSA) is 12.0 Å². The summed E-state index contributed by atoms with van der Waals surface area (Å²) in [5.74, 6) is 0. The van der Waals surface area contributed by atoms with Crippen molar-refractivity contribution in [3.05, 3.63) is 29.3 Å². The maximum Gasteiger partial charge on any atom is 0.0376 e. The van der Waals surface area contributed by atoms with Crippen molar-refractivity contribution in [2.75, 3.05) is 11.9 Å². The normalized spacial score (nSPS) is 13.2. The van der Waals surface area contributed by atoms with Crippen LogP contribution in [0.5, 0.6) is 0 Å². The van der Waals surface area contributed by atoms with E-state index < -0.39 is 0 Å². The van der Waals surface area contributed by atoms with E-state index in [2.05, 4.69) is 30.4 Å². The zero-order valence-electron chi connectivity index (χ0n) is 6.55. The second-order valence-electron chi connectivity index (χ2n) is 2.78. The number of rotatable bonds is 0. The molecule has 0 aromatic heterocycles. The van der Waals surface area contributed by atoms with Gasteiger partial charge >= 0.3 is 0 Å². The van der Waals surface area contributed by atoms with Crippen LogP contribution in [0.4, 0.5) is 5.69 Å². The monoisotopic (exact) mass is 169 g/mol. The van der Waals surface area contributed by atoms with Crippen LogP contribution in [-0.2, 0) is 6.42 Å². The van der Waals surface area contributed by atoms with Gasteiger partial charge in [0.15, 0.2) is 0 Å². The molecule has 1 aliphatic rings. The Balaban J connectivity index is 0.000000605. The summed E-state index contributed by atoms with van der Waals surface area (Å²) < 4.78 is 0. The van der Waals surface area contributed by atoms with E-state index in [1.807, 2.05) is 0 Å². The first-order chi connectivity index (χ1) is 4.88. The van der Waals surface area contributed by atoms with Crippen LogP contribution < -0.4 is 5.32 Å². The van der Waals surface area contributed by atoms with Gasteiger partial charge in [0.25, 0.3) is 0 Å². The maximum absolute atomic E-state index is 3.34. The van der Waals surface area contributed by atoms with E-state index in [4.69, 9.17) is 0 Å². The quantitative estimate of drug-likeness (QED) is 0.629. The van der Waals surface area contributed by atoms with Gasteiger partial charge in [0, 0.05) is 12.2 Å². The summed E-state index contributed by atoms with van der Waals surface area (Å²) in [6, 6.07) is 6.42. The van der Waals surface area contributed by atoms with E-state index >= 15 is 0 Å². The molecule has 1 N–H and O–H groups in total. The van der Waals surface area contributed by atoms with E-state index in [1.54, 1.807) is 0 Å². The van der Waals surface area contributed by atoms with E-state index in [-0.39, 0.29) is 12.4 Å². The lowest BCUT2D eigenvalue weighted by molar-refractivity contribution is 1.09. The number of fused-ring (bicyclic) bond motifs is 1.